The van der Waals surface area contributed by atoms with Gasteiger partial charge in [-0.3, -0.25) is 0 Å². The second-order valence-electron chi connectivity index (χ2n) is 5.12. The van der Waals surface area contributed by atoms with Crippen LogP contribution >= 0.6 is 8.03 Å². The Balaban J connectivity index is 2.33. The van der Waals surface area contributed by atoms with Crippen LogP contribution in [0.3, 0.4) is 0 Å². The number of rotatable bonds is 10. The molecule has 1 unspecified atom stereocenters. The van der Waals surface area contributed by atoms with Crippen molar-refractivity contribution in [3.05, 3.63) is 42.0 Å². The van der Waals surface area contributed by atoms with E-state index in [4.69, 9.17) is 0 Å². The summed E-state index contributed by atoms with van der Waals surface area (Å²) in [6.07, 6.45) is 11.5. The summed E-state index contributed by atoms with van der Waals surface area (Å²) in [5.74, 6) is 0. The minimum Gasteiger partial charge on any atom is -0.591 e. The normalized spacial score (nSPS) is 12.5. The van der Waals surface area contributed by atoms with Crippen molar-refractivity contribution in [3.8, 4) is 0 Å². The van der Waals surface area contributed by atoms with Crippen LogP contribution in [-0.2, 0) is 4.57 Å². The van der Waals surface area contributed by atoms with Gasteiger partial charge in [-0.05, 0) is 18.9 Å². The van der Waals surface area contributed by atoms with Crippen LogP contribution in [-0.4, -0.2) is 0 Å². The highest BCUT2D eigenvalue weighted by molar-refractivity contribution is 7.49. The van der Waals surface area contributed by atoms with E-state index in [0.29, 0.717) is 5.31 Å². The maximum atomic E-state index is 11.3. The topological polar surface area (TPSA) is 40.1 Å². The Morgan fingerprint density at radius 2 is 1.65 bits per heavy atom. The van der Waals surface area contributed by atoms with Gasteiger partial charge in [-0.1, -0.05) is 80.3 Å². The van der Waals surface area contributed by atoms with E-state index in [1.54, 1.807) is 0 Å². The smallest absolute Gasteiger partial charge is 0.349 e. The second kappa shape index (κ2) is 10.8. The van der Waals surface area contributed by atoms with E-state index in [1.165, 1.54) is 38.5 Å². The molecule has 3 heteroatoms. The predicted octanol–water partition coefficient (Wildman–Crippen LogP) is 5.27. The first-order valence-electron chi connectivity index (χ1n) is 7.65. The van der Waals surface area contributed by atoms with Crippen LogP contribution in [0.25, 0.3) is 5.31 Å². The van der Waals surface area contributed by atoms with Crippen LogP contribution < -0.4 is 4.89 Å². The summed E-state index contributed by atoms with van der Waals surface area (Å²) in [7, 11) is -2.51. The summed E-state index contributed by atoms with van der Waals surface area (Å²) < 4.78 is 11.3. The SMILES string of the molecule is CCCCCCCCCC=C(c1ccccc1)[P+](=O)[O-]. The third-order valence-electron chi connectivity index (χ3n) is 3.41. The van der Waals surface area contributed by atoms with Crippen LogP contribution in [0.15, 0.2) is 36.4 Å². The van der Waals surface area contributed by atoms with Gasteiger partial charge in [-0.25, -0.2) is 0 Å². The molecule has 1 aromatic carbocycles. The molecule has 0 heterocycles. The summed E-state index contributed by atoms with van der Waals surface area (Å²) in [5, 5.41) is 0.464. The van der Waals surface area contributed by atoms with Crippen molar-refractivity contribution in [3.63, 3.8) is 0 Å². The molecule has 0 radical (unpaired) electrons. The van der Waals surface area contributed by atoms with Crippen molar-refractivity contribution in [1.29, 1.82) is 0 Å². The molecule has 1 atom stereocenters. The van der Waals surface area contributed by atoms with Gasteiger partial charge in [0.2, 0.25) is 0 Å². The molecule has 0 spiro atoms. The van der Waals surface area contributed by atoms with Gasteiger partial charge < -0.3 is 4.89 Å². The van der Waals surface area contributed by atoms with Gasteiger partial charge in [0.25, 0.3) is 0 Å². The molecule has 0 aliphatic rings. The zero-order valence-corrected chi connectivity index (χ0v) is 13.3. The number of allylic oxidation sites excluding steroid dienone is 1. The first-order valence-corrected chi connectivity index (χ1v) is 8.83. The maximum Gasteiger partial charge on any atom is 0.349 e. The van der Waals surface area contributed by atoms with Crippen LogP contribution in [0, 0.1) is 0 Å². The van der Waals surface area contributed by atoms with E-state index in [2.05, 4.69) is 6.92 Å². The fraction of sp³-hybridized carbons (Fsp3) is 0.529. The Hall–Kier alpha value is -0.980. The average Bonchev–Trinajstić information content (AvgIpc) is 2.46. The first-order chi connectivity index (χ1) is 9.75. The van der Waals surface area contributed by atoms with Crippen molar-refractivity contribution in [2.24, 2.45) is 0 Å². The molecule has 1 aromatic rings. The molecule has 2 nitrogen and oxygen atoms in total. The Labute approximate surface area is 123 Å². The highest BCUT2D eigenvalue weighted by Gasteiger charge is 2.13. The molecule has 110 valence electrons. The van der Waals surface area contributed by atoms with Crippen LogP contribution in [0.5, 0.6) is 0 Å². The molecule has 0 amide bonds. The molecular weight excluding hydrogens is 267 g/mol. The Morgan fingerprint density at radius 1 is 1.05 bits per heavy atom. The zero-order chi connectivity index (χ0) is 14.6. The highest BCUT2D eigenvalue weighted by atomic mass is 31.1. The van der Waals surface area contributed by atoms with Crippen LogP contribution in [0.4, 0.5) is 0 Å². The number of hydrogen-bond donors (Lipinski definition) is 0. The molecule has 0 saturated carbocycles. The van der Waals surface area contributed by atoms with Crippen molar-refractivity contribution >= 4 is 13.3 Å². The number of benzene rings is 1. The van der Waals surface area contributed by atoms with Crippen molar-refractivity contribution in [1.82, 2.24) is 0 Å². The monoisotopic (exact) mass is 292 g/mol. The van der Waals surface area contributed by atoms with Gasteiger partial charge in [0.05, 0.1) is 0 Å². The average molecular weight is 292 g/mol. The molecule has 0 N–H and O–H groups in total. The first kappa shape index (κ1) is 17.1. The summed E-state index contributed by atoms with van der Waals surface area (Å²) in [6.45, 7) is 2.22. The van der Waals surface area contributed by atoms with E-state index >= 15 is 0 Å². The molecule has 20 heavy (non-hydrogen) atoms. The third kappa shape index (κ3) is 6.98. The Bertz CT molecular complexity index is 412. The summed E-state index contributed by atoms with van der Waals surface area (Å²) in [5.41, 5.74) is 0.798. The molecule has 0 aliphatic carbocycles. The lowest BCUT2D eigenvalue weighted by Crippen LogP contribution is -1.90. The lowest BCUT2D eigenvalue weighted by atomic mass is 10.1. The number of unbranched alkanes of at least 4 members (excludes halogenated alkanes) is 7. The quantitative estimate of drug-likeness (QED) is 0.435. The van der Waals surface area contributed by atoms with Gasteiger partial charge in [-0.2, -0.15) is 0 Å². The molecule has 0 aliphatic heterocycles. The summed E-state index contributed by atoms with van der Waals surface area (Å²) in [4.78, 5) is 11.3. The van der Waals surface area contributed by atoms with Gasteiger partial charge in [0, 0.05) is 5.56 Å². The van der Waals surface area contributed by atoms with Gasteiger partial charge in [0.1, 0.15) is 0 Å². The zero-order valence-electron chi connectivity index (χ0n) is 12.4. The minimum atomic E-state index is -2.51. The van der Waals surface area contributed by atoms with Crippen LogP contribution in [0.1, 0.15) is 63.9 Å². The fourth-order valence-electron chi connectivity index (χ4n) is 2.25. The second-order valence-corrected chi connectivity index (χ2v) is 6.12. The maximum absolute atomic E-state index is 11.3. The van der Waals surface area contributed by atoms with E-state index in [9.17, 15) is 9.46 Å². The van der Waals surface area contributed by atoms with Gasteiger partial charge in [-0.15, -0.1) is 0 Å². The molecule has 0 bridgehead atoms. The van der Waals surface area contributed by atoms with E-state index in [0.717, 1.165) is 18.4 Å². The predicted molar refractivity (Wildman–Crippen MR) is 84.6 cm³/mol. The third-order valence-corrected chi connectivity index (χ3v) is 4.25. The van der Waals surface area contributed by atoms with E-state index in [1.807, 2.05) is 36.4 Å². The molecule has 0 saturated heterocycles. The van der Waals surface area contributed by atoms with E-state index < -0.39 is 8.03 Å². The molecule has 0 aromatic heterocycles. The molecular formula is C17H25O2P. The van der Waals surface area contributed by atoms with Gasteiger partial charge >= 0.3 is 8.03 Å². The fourth-order valence-corrected chi connectivity index (χ4v) is 2.88. The van der Waals surface area contributed by atoms with Crippen molar-refractivity contribution in [2.75, 3.05) is 0 Å². The van der Waals surface area contributed by atoms with Crippen molar-refractivity contribution in [2.45, 2.75) is 58.3 Å². The lowest BCUT2D eigenvalue weighted by Gasteiger charge is -2.01. The van der Waals surface area contributed by atoms with E-state index in [-0.39, 0.29) is 0 Å². The van der Waals surface area contributed by atoms with Crippen molar-refractivity contribution < 1.29 is 9.46 Å². The Kier molecular flexibility index (Phi) is 9.19. The lowest BCUT2D eigenvalue weighted by molar-refractivity contribution is -0.160. The Morgan fingerprint density at radius 3 is 2.25 bits per heavy atom. The standard InChI is InChI=1S/C17H25O2P/c1-2-3-4-5-6-7-8-12-15-17(20(18)19)16-13-10-9-11-14-16/h9-11,13-15H,2-8,12H2,1H3. The molecule has 0 fully saturated rings. The van der Waals surface area contributed by atoms with Gasteiger partial charge in [0.15, 0.2) is 5.31 Å². The largest absolute Gasteiger partial charge is 0.591 e. The summed E-state index contributed by atoms with van der Waals surface area (Å²) in [6, 6.07) is 9.34. The number of hydrogen-bond acceptors (Lipinski definition) is 2. The highest BCUT2D eigenvalue weighted by Crippen LogP contribution is 2.33. The minimum absolute atomic E-state index is 0.464. The molecule has 1 rings (SSSR count). The van der Waals surface area contributed by atoms with Crippen LogP contribution in [0.2, 0.25) is 0 Å². The summed E-state index contributed by atoms with van der Waals surface area (Å²) >= 11 is 0.